The highest BCUT2D eigenvalue weighted by molar-refractivity contribution is 9.11. The van der Waals surface area contributed by atoms with E-state index in [-0.39, 0.29) is 0 Å². The molecule has 0 heterocycles. The average Bonchev–Trinajstić information content (AvgIpc) is 2.34. The van der Waals surface area contributed by atoms with Gasteiger partial charge in [-0.15, -0.1) is 0 Å². The van der Waals surface area contributed by atoms with Gasteiger partial charge in [-0.2, -0.15) is 0 Å². The van der Waals surface area contributed by atoms with Crippen molar-refractivity contribution in [3.05, 3.63) is 26.6 Å². The van der Waals surface area contributed by atoms with Crippen molar-refractivity contribution in [1.82, 2.24) is 5.32 Å². The minimum Gasteiger partial charge on any atom is -0.492 e. The first-order valence-corrected chi connectivity index (χ1v) is 7.61. The van der Waals surface area contributed by atoms with E-state index in [1.54, 1.807) is 6.92 Å². The van der Waals surface area contributed by atoms with E-state index >= 15 is 0 Å². The molecule has 1 aromatic rings. The number of rotatable bonds is 7. The van der Waals surface area contributed by atoms with Crippen LogP contribution in [-0.2, 0) is 11.3 Å². The summed E-state index contributed by atoms with van der Waals surface area (Å²) in [5.41, 5.74) is 0.919. The summed E-state index contributed by atoms with van der Waals surface area (Å²) < 4.78 is 7.49. The molecule has 0 saturated heterocycles. The van der Waals surface area contributed by atoms with Crippen LogP contribution in [0.4, 0.5) is 0 Å². The molecule has 1 aromatic carbocycles. The van der Waals surface area contributed by atoms with Gasteiger partial charge in [0.05, 0.1) is 11.1 Å². The molecule has 1 rings (SSSR count). The molecule has 106 valence electrons. The highest BCUT2D eigenvalue weighted by Gasteiger charge is 2.14. The van der Waals surface area contributed by atoms with Gasteiger partial charge in [0.2, 0.25) is 0 Å². The minimum atomic E-state index is -0.870. The van der Waals surface area contributed by atoms with Crippen LogP contribution in [0.25, 0.3) is 0 Å². The lowest BCUT2D eigenvalue weighted by molar-refractivity contribution is -0.139. The molecule has 0 fully saturated rings. The van der Waals surface area contributed by atoms with Crippen LogP contribution >= 0.6 is 31.9 Å². The van der Waals surface area contributed by atoms with E-state index in [4.69, 9.17) is 9.84 Å². The van der Waals surface area contributed by atoms with Gasteiger partial charge in [0.25, 0.3) is 0 Å². The Labute approximate surface area is 129 Å². The van der Waals surface area contributed by atoms with Crippen molar-refractivity contribution in [1.29, 1.82) is 0 Å². The van der Waals surface area contributed by atoms with Crippen LogP contribution in [-0.4, -0.2) is 23.7 Å². The molecule has 0 spiro atoms. The fourth-order valence-corrected chi connectivity index (χ4v) is 2.89. The lowest BCUT2D eigenvalue weighted by atomic mass is 10.2. The molecule has 6 heteroatoms. The number of hydrogen-bond donors (Lipinski definition) is 2. The molecule has 0 aliphatic carbocycles. The Balaban J connectivity index is 2.87. The van der Waals surface area contributed by atoms with Crippen LogP contribution in [0.15, 0.2) is 21.1 Å². The van der Waals surface area contributed by atoms with E-state index in [0.29, 0.717) is 13.2 Å². The Morgan fingerprint density at radius 2 is 2.16 bits per heavy atom. The van der Waals surface area contributed by atoms with Crippen molar-refractivity contribution < 1.29 is 14.6 Å². The zero-order chi connectivity index (χ0) is 14.4. The lowest BCUT2D eigenvalue weighted by Crippen LogP contribution is -2.33. The number of ether oxygens (including phenoxy) is 1. The van der Waals surface area contributed by atoms with Crippen molar-refractivity contribution in [3.8, 4) is 5.75 Å². The Kier molecular flexibility index (Phi) is 6.82. The van der Waals surface area contributed by atoms with Crippen LogP contribution in [0.5, 0.6) is 5.75 Å². The summed E-state index contributed by atoms with van der Waals surface area (Å²) in [6.45, 7) is 4.71. The first-order chi connectivity index (χ1) is 8.95. The third-order valence-corrected chi connectivity index (χ3v) is 3.55. The van der Waals surface area contributed by atoms with Gasteiger partial charge >= 0.3 is 5.97 Å². The molecule has 2 N–H and O–H groups in total. The van der Waals surface area contributed by atoms with Crippen molar-refractivity contribution in [3.63, 3.8) is 0 Å². The van der Waals surface area contributed by atoms with E-state index in [1.807, 2.05) is 19.1 Å². The fourth-order valence-electron chi connectivity index (χ4n) is 1.46. The number of aliphatic carboxylic acids is 1. The maximum atomic E-state index is 10.8. The number of benzene rings is 1. The zero-order valence-electron chi connectivity index (χ0n) is 10.9. The molecule has 4 nitrogen and oxygen atoms in total. The first kappa shape index (κ1) is 16.5. The van der Waals surface area contributed by atoms with Crippen molar-refractivity contribution in [2.45, 2.75) is 32.9 Å². The fraction of sp³-hybridized carbons (Fsp3) is 0.462. The normalized spacial score (nSPS) is 12.2. The summed E-state index contributed by atoms with van der Waals surface area (Å²) in [6.07, 6.45) is 0.918. The predicted molar refractivity (Wildman–Crippen MR) is 81.6 cm³/mol. The second-order valence-corrected chi connectivity index (χ2v) is 5.94. The number of carboxylic acids is 1. The van der Waals surface area contributed by atoms with E-state index in [9.17, 15) is 4.79 Å². The Morgan fingerprint density at radius 1 is 1.47 bits per heavy atom. The summed E-state index contributed by atoms with van der Waals surface area (Å²) >= 11 is 6.89. The van der Waals surface area contributed by atoms with E-state index < -0.39 is 12.0 Å². The maximum Gasteiger partial charge on any atom is 0.320 e. The first-order valence-electron chi connectivity index (χ1n) is 6.02. The average molecular weight is 395 g/mol. The third kappa shape index (κ3) is 5.12. The van der Waals surface area contributed by atoms with Crippen molar-refractivity contribution in [2.75, 3.05) is 6.61 Å². The van der Waals surface area contributed by atoms with Crippen molar-refractivity contribution in [2.24, 2.45) is 0 Å². The van der Waals surface area contributed by atoms with Crippen LogP contribution in [0, 0.1) is 0 Å². The third-order valence-electron chi connectivity index (χ3n) is 2.50. The number of carboxylic acid groups (broad SMARTS) is 1. The van der Waals surface area contributed by atoms with Gasteiger partial charge in [-0.3, -0.25) is 4.79 Å². The molecule has 1 unspecified atom stereocenters. The molecule has 0 amide bonds. The van der Waals surface area contributed by atoms with E-state index in [2.05, 4.69) is 37.2 Å². The molecular formula is C13H17Br2NO3. The highest BCUT2D eigenvalue weighted by atomic mass is 79.9. The van der Waals surface area contributed by atoms with E-state index in [0.717, 1.165) is 26.7 Å². The lowest BCUT2D eigenvalue weighted by Gasteiger charge is -2.15. The smallest absolute Gasteiger partial charge is 0.320 e. The van der Waals surface area contributed by atoms with Gasteiger partial charge < -0.3 is 15.2 Å². The summed E-state index contributed by atoms with van der Waals surface area (Å²) in [6, 6.07) is 3.24. The molecule has 0 saturated carbocycles. The van der Waals surface area contributed by atoms with Gasteiger partial charge in [-0.25, -0.2) is 0 Å². The predicted octanol–water partition coefficient (Wildman–Crippen LogP) is 3.56. The topological polar surface area (TPSA) is 58.6 Å². The van der Waals surface area contributed by atoms with Crippen molar-refractivity contribution >= 4 is 37.8 Å². The maximum absolute atomic E-state index is 10.8. The molecule has 1 atom stereocenters. The van der Waals surface area contributed by atoms with Crippen LogP contribution < -0.4 is 10.1 Å². The summed E-state index contributed by atoms with van der Waals surface area (Å²) in [4.78, 5) is 10.8. The molecule has 0 aliphatic rings. The number of halogens is 2. The number of hydrogen-bond acceptors (Lipinski definition) is 3. The SMILES string of the molecule is CCCOc1c(Br)cc(Br)cc1CNC(C)C(=O)O. The second kappa shape index (κ2) is 7.87. The molecule has 0 aromatic heterocycles. The van der Waals surface area contributed by atoms with E-state index in [1.165, 1.54) is 0 Å². The molecule has 0 bridgehead atoms. The molecule has 0 aliphatic heterocycles. The molecule has 19 heavy (non-hydrogen) atoms. The summed E-state index contributed by atoms with van der Waals surface area (Å²) in [5, 5.41) is 11.8. The monoisotopic (exact) mass is 393 g/mol. The standard InChI is InChI=1S/C13H17Br2NO3/c1-3-4-19-12-9(5-10(14)6-11(12)15)7-16-8(2)13(17)18/h5-6,8,16H,3-4,7H2,1-2H3,(H,17,18). The molecular weight excluding hydrogens is 378 g/mol. The largest absolute Gasteiger partial charge is 0.492 e. The van der Waals surface area contributed by atoms with Crippen LogP contribution in [0.3, 0.4) is 0 Å². The summed E-state index contributed by atoms with van der Waals surface area (Å²) in [7, 11) is 0. The minimum absolute atomic E-state index is 0.435. The Bertz CT molecular complexity index is 452. The number of carbonyl (C=O) groups is 1. The van der Waals surface area contributed by atoms with Gasteiger partial charge in [0, 0.05) is 16.6 Å². The van der Waals surface area contributed by atoms with Gasteiger partial charge in [0.15, 0.2) is 0 Å². The van der Waals surface area contributed by atoms with Crippen LogP contribution in [0.2, 0.25) is 0 Å². The van der Waals surface area contributed by atoms with Gasteiger partial charge in [-0.05, 0) is 41.4 Å². The Hall–Kier alpha value is -0.590. The van der Waals surface area contributed by atoms with Gasteiger partial charge in [0.1, 0.15) is 11.8 Å². The van der Waals surface area contributed by atoms with Gasteiger partial charge in [-0.1, -0.05) is 22.9 Å². The Morgan fingerprint density at radius 3 is 2.74 bits per heavy atom. The molecule has 0 radical (unpaired) electrons. The van der Waals surface area contributed by atoms with Crippen LogP contribution in [0.1, 0.15) is 25.8 Å². The quantitative estimate of drug-likeness (QED) is 0.742. The second-order valence-electron chi connectivity index (χ2n) is 4.17. The summed E-state index contributed by atoms with van der Waals surface area (Å²) in [5.74, 6) is -0.111. The zero-order valence-corrected chi connectivity index (χ0v) is 14.0. The highest BCUT2D eigenvalue weighted by Crippen LogP contribution is 2.33. The number of nitrogens with one attached hydrogen (secondary N) is 1.